The molecule has 0 radical (unpaired) electrons. The summed E-state index contributed by atoms with van der Waals surface area (Å²) in [5, 5.41) is 0. The Balaban J connectivity index is 2.49. The second-order valence-corrected chi connectivity index (χ2v) is 5.57. The number of halogens is 3. The summed E-state index contributed by atoms with van der Waals surface area (Å²) < 4.78 is 36.4. The van der Waals surface area contributed by atoms with Gasteiger partial charge in [-0.2, -0.15) is 8.78 Å². The molecule has 1 aromatic rings. The molecule has 0 fully saturated rings. The molecule has 0 unspecified atom stereocenters. The summed E-state index contributed by atoms with van der Waals surface area (Å²) in [6.45, 7) is 1.28. The van der Waals surface area contributed by atoms with Crippen LogP contribution in [0.2, 0.25) is 0 Å². The lowest BCUT2D eigenvalue weighted by Gasteiger charge is -2.11. The van der Waals surface area contributed by atoms with Crippen molar-refractivity contribution in [3.8, 4) is 0 Å². The Morgan fingerprint density at radius 1 is 1.23 bits per heavy atom. The van der Waals surface area contributed by atoms with Crippen molar-refractivity contribution in [3.63, 3.8) is 0 Å². The molecule has 0 N–H and O–H groups in total. The van der Waals surface area contributed by atoms with E-state index in [0.717, 1.165) is 0 Å². The summed E-state index contributed by atoms with van der Waals surface area (Å²) in [5.74, 6) is -5.80. The van der Waals surface area contributed by atoms with E-state index < -0.39 is 17.9 Å². The second-order valence-electron chi connectivity index (χ2n) is 4.19. The van der Waals surface area contributed by atoms with Gasteiger partial charge in [0.1, 0.15) is 0 Å². The van der Waals surface area contributed by atoms with Crippen LogP contribution in [0.5, 0.6) is 0 Å². The summed E-state index contributed by atoms with van der Waals surface area (Å²) in [7, 11) is 0. The van der Waals surface area contributed by atoms with Gasteiger partial charge in [0, 0.05) is 12.5 Å². The van der Waals surface area contributed by atoms with Crippen molar-refractivity contribution in [2.24, 2.45) is 0 Å². The molecule has 0 aliphatic carbocycles. The molecule has 0 aliphatic heterocycles. The molecule has 0 aromatic heterocycles. The molecule has 0 saturated carbocycles. The van der Waals surface area contributed by atoms with Gasteiger partial charge in [0.2, 0.25) is 0 Å². The minimum absolute atomic E-state index is 0.0542. The molecule has 0 saturated heterocycles. The van der Waals surface area contributed by atoms with Gasteiger partial charge in [0.25, 0.3) is 0 Å². The summed E-state index contributed by atoms with van der Waals surface area (Å²) in [6.07, 6.45) is 0.607. The Labute approximate surface area is 140 Å². The first kappa shape index (κ1) is 18.5. The number of carbonyl (C=O) groups is 2. The molecular weight excluding hydrogens is 409 g/mol. The Kier molecular flexibility index (Phi) is 7.43. The average Bonchev–Trinajstić information content (AvgIpc) is 2.47. The van der Waals surface area contributed by atoms with Crippen LogP contribution in [0.15, 0.2) is 40.0 Å². The number of alkyl halides is 2. The van der Waals surface area contributed by atoms with Gasteiger partial charge in [-0.05, 0) is 45.2 Å². The second kappa shape index (κ2) is 8.82. The standard InChI is InChI=1S/C15H15F2IO4/c1-2-21-14(20)15(16,17)10-12(18)8-9-22-13(19)11-6-4-3-5-7-11/h3-7,10H,2,8-9H2,1H3. The number of carbonyl (C=O) groups excluding carboxylic acids is 2. The van der Waals surface area contributed by atoms with Crippen LogP contribution in [-0.2, 0) is 14.3 Å². The van der Waals surface area contributed by atoms with Gasteiger partial charge in [0.05, 0.1) is 18.8 Å². The van der Waals surface area contributed by atoms with Gasteiger partial charge < -0.3 is 9.47 Å². The Morgan fingerprint density at radius 2 is 1.86 bits per heavy atom. The lowest BCUT2D eigenvalue weighted by atomic mass is 10.2. The highest BCUT2D eigenvalue weighted by Crippen LogP contribution is 2.24. The monoisotopic (exact) mass is 424 g/mol. The molecule has 0 aliphatic rings. The third-order valence-corrected chi connectivity index (χ3v) is 3.32. The highest BCUT2D eigenvalue weighted by atomic mass is 127. The van der Waals surface area contributed by atoms with Crippen molar-refractivity contribution in [2.75, 3.05) is 13.2 Å². The first-order valence-corrected chi connectivity index (χ1v) is 7.59. The maximum absolute atomic E-state index is 13.4. The molecule has 7 heteroatoms. The summed E-state index contributed by atoms with van der Waals surface area (Å²) >= 11 is 1.67. The smallest absolute Gasteiger partial charge is 0.381 e. The topological polar surface area (TPSA) is 52.6 Å². The minimum Gasteiger partial charge on any atom is -0.462 e. The molecule has 0 spiro atoms. The fraction of sp³-hybridized carbons (Fsp3) is 0.333. The van der Waals surface area contributed by atoms with Gasteiger partial charge in [0.15, 0.2) is 0 Å². The molecule has 4 nitrogen and oxygen atoms in total. The zero-order chi connectivity index (χ0) is 16.6. The van der Waals surface area contributed by atoms with E-state index >= 15 is 0 Å². The Hall–Kier alpha value is -1.51. The van der Waals surface area contributed by atoms with Crippen molar-refractivity contribution in [3.05, 3.63) is 45.6 Å². The van der Waals surface area contributed by atoms with E-state index in [2.05, 4.69) is 4.74 Å². The summed E-state index contributed by atoms with van der Waals surface area (Å²) in [5.41, 5.74) is 0.387. The van der Waals surface area contributed by atoms with Crippen LogP contribution >= 0.6 is 22.6 Å². The van der Waals surface area contributed by atoms with Crippen LogP contribution in [0.3, 0.4) is 0 Å². The van der Waals surface area contributed by atoms with Crippen molar-refractivity contribution in [1.82, 2.24) is 0 Å². The van der Waals surface area contributed by atoms with Crippen LogP contribution in [0, 0.1) is 0 Å². The van der Waals surface area contributed by atoms with Crippen molar-refractivity contribution >= 4 is 34.5 Å². The number of esters is 2. The maximum atomic E-state index is 13.4. The van der Waals surface area contributed by atoms with Gasteiger partial charge in [-0.15, -0.1) is 0 Å². The molecule has 0 heterocycles. The Bertz CT molecular complexity index is 544. The highest BCUT2D eigenvalue weighted by molar-refractivity contribution is 14.1. The third kappa shape index (κ3) is 6.08. The molecule has 0 atom stereocenters. The number of rotatable bonds is 7. The van der Waals surface area contributed by atoms with Gasteiger partial charge >= 0.3 is 17.9 Å². The van der Waals surface area contributed by atoms with Crippen molar-refractivity contribution in [2.45, 2.75) is 19.3 Å². The normalized spacial score (nSPS) is 11.9. The fourth-order valence-corrected chi connectivity index (χ4v) is 2.07. The largest absolute Gasteiger partial charge is 0.462 e. The van der Waals surface area contributed by atoms with Crippen molar-refractivity contribution < 1.29 is 27.8 Å². The first-order chi connectivity index (χ1) is 10.4. The van der Waals surface area contributed by atoms with E-state index in [1.165, 1.54) is 6.92 Å². The molecule has 0 amide bonds. The van der Waals surface area contributed by atoms with Crippen LogP contribution in [0.4, 0.5) is 8.78 Å². The predicted octanol–water partition coefficient (Wildman–Crippen LogP) is 3.75. The molecular formula is C15H15F2IO4. The molecule has 1 rings (SSSR count). The fourth-order valence-electron chi connectivity index (χ4n) is 1.45. The van der Waals surface area contributed by atoms with E-state index in [1.807, 2.05) is 0 Å². The van der Waals surface area contributed by atoms with Crippen LogP contribution in [0.25, 0.3) is 0 Å². The van der Waals surface area contributed by atoms with E-state index in [4.69, 9.17) is 4.74 Å². The number of hydrogen-bond acceptors (Lipinski definition) is 4. The average molecular weight is 424 g/mol. The molecule has 22 heavy (non-hydrogen) atoms. The quantitative estimate of drug-likeness (QED) is 0.495. The van der Waals surface area contributed by atoms with E-state index in [0.29, 0.717) is 11.6 Å². The predicted molar refractivity (Wildman–Crippen MR) is 85.0 cm³/mol. The highest BCUT2D eigenvalue weighted by Gasteiger charge is 2.38. The summed E-state index contributed by atoms with van der Waals surface area (Å²) in [6, 6.07) is 8.34. The first-order valence-electron chi connectivity index (χ1n) is 6.51. The van der Waals surface area contributed by atoms with Crippen molar-refractivity contribution in [1.29, 1.82) is 0 Å². The maximum Gasteiger partial charge on any atom is 0.381 e. The van der Waals surface area contributed by atoms with E-state index in [-0.39, 0.29) is 23.2 Å². The SMILES string of the molecule is CCOC(=O)C(F)(F)C=C(I)CCOC(=O)c1ccccc1. The van der Waals surface area contributed by atoms with Gasteiger partial charge in [-0.3, -0.25) is 0 Å². The zero-order valence-corrected chi connectivity index (χ0v) is 14.0. The third-order valence-electron chi connectivity index (χ3n) is 2.47. The lowest BCUT2D eigenvalue weighted by Crippen LogP contribution is -2.28. The molecule has 1 aromatic carbocycles. The number of hydrogen-bond donors (Lipinski definition) is 0. The molecule has 0 bridgehead atoms. The van der Waals surface area contributed by atoms with E-state index in [9.17, 15) is 18.4 Å². The molecule has 120 valence electrons. The van der Waals surface area contributed by atoms with Crippen LogP contribution < -0.4 is 0 Å². The van der Waals surface area contributed by atoms with Crippen LogP contribution in [-0.4, -0.2) is 31.1 Å². The number of ether oxygens (including phenoxy) is 2. The van der Waals surface area contributed by atoms with E-state index in [1.54, 1.807) is 52.9 Å². The Morgan fingerprint density at radius 3 is 2.45 bits per heavy atom. The van der Waals surface area contributed by atoms with Gasteiger partial charge in [-0.25, -0.2) is 9.59 Å². The minimum atomic E-state index is -3.68. The lowest BCUT2D eigenvalue weighted by molar-refractivity contribution is -0.164. The van der Waals surface area contributed by atoms with Gasteiger partial charge in [-0.1, -0.05) is 18.2 Å². The zero-order valence-electron chi connectivity index (χ0n) is 11.9. The number of benzene rings is 1. The summed E-state index contributed by atoms with van der Waals surface area (Å²) in [4.78, 5) is 22.7. The van der Waals surface area contributed by atoms with Crippen LogP contribution in [0.1, 0.15) is 23.7 Å².